The lowest BCUT2D eigenvalue weighted by Crippen LogP contribution is -2.70. The van der Waals surface area contributed by atoms with Gasteiger partial charge in [-0.3, -0.25) is 4.79 Å². The SMILES string of the molecule is C[C@@H]1CC2C3C[C@H](F)C4=CC(=O)C=CC4(C)[C@@]3(F)C(O)CC2(C)[C@@]1(O)C(=O)O. The molecular weight excluding hydrogens is 370 g/mol. The van der Waals surface area contributed by atoms with Crippen LogP contribution >= 0.6 is 0 Å². The minimum Gasteiger partial charge on any atom is -0.479 e. The van der Waals surface area contributed by atoms with Gasteiger partial charge >= 0.3 is 5.97 Å². The van der Waals surface area contributed by atoms with E-state index in [0.717, 1.165) is 6.08 Å². The van der Waals surface area contributed by atoms with Gasteiger partial charge in [-0.05, 0) is 55.7 Å². The molecule has 3 fully saturated rings. The quantitative estimate of drug-likeness (QED) is 0.633. The second-order valence-corrected chi connectivity index (χ2v) is 9.57. The van der Waals surface area contributed by atoms with E-state index in [1.165, 1.54) is 19.1 Å². The molecule has 0 aromatic carbocycles. The number of carboxylic acid groups (broad SMARTS) is 1. The average Bonchev–Trinajstić information content (AvgIpc) is 2.81. The van der Waals surface area contributed by atoms with E-state index in [1.807, 2.05) is 0 Å². The van der Waals surface area contributed by atoms with Crippen LogP contribution in [-0.4, -0.2) is 50.6 Å². The lowest BCUT2D eigenvalue weighted by molar-refractivity contribution is -0.229. The van der Waals surface area contributed by atoms with Gasteiger partial charge in [0.25, 0.3) is 0 Å². The zero-order valence-corrected chi connectivity index (χ0v) is 16.2. The van der Waals surface area contributed by atoms with Gasteiger partial charge in [-0.25, -0.2) is 13.6 Å². The van der Waals surface area contributed by atoms with Crippen molar-refractivity contribution in [1.29, 1.82) is 0 Å². The second kappa shape index (κ2) is 5.51. The summed E-state index contributed by atoms with van der Waals surface area (Å²) in [5.41, 5.74) is -7.14. The molecule has 0 aliphatic heterocycles. The minimum atomic E-state index is -2.26. The van der Waals surface area contributed by atoms with E-state index >= 15 is 8.78 Å². The summed E-state index contributed by atoms with van der Waals surface area (Å²) in [5.74, 6) is -4.07. The van der Waals surface area contributed by atoms with E-state index in [1.54, 1.807) is 13.8 Å². The maximum Gasteiger partial charge on any atom is 0.336 e. The summed E-state index contributed by atoms with van der Waals surface area (Å²) in [6, 6.07) is 0. The van der Waals surface area contributed by atoms with E-state index in [9.17, 15) is 24.9 Å². The van der Waals surface area contributed by atoms with Crippen molar-refractivity contribution in [2.24, 2.45) is 28.6 Å². The van der Waals surface area contributed by atoms with Crippen molar-refractivity contribution in [2.75, 3.05) is 0 Å². The first-order valence-electron chi connectivity index (χ1n) is 9.76. The number of rotatable bonds is 1. The summed E-state index contributed by atoms with van der Waals surface area (Å²) in [5, 5.41) is 31.8. The van der Waals surface area contributed by atoms with Crippen molar-refractivity contribution in [2.45, 2.75) is 63.6 Å². The third-order valence-corrected chi connectivity index (χ3v) is 8.54. The summed E-state index contributed by atoms with van der Waals surface area (Å²) in [6.07, 6.45) is 0.214. The number of aliphatic hydroxyl groups excluding tert-OH is 1. The second-order valence-electron chi connectivity index (χ2n) is 9.57. The van der Waals surface area contributed by atoms with Crippen molar-refractivity contribution in [3.8, 4) is 0 Å². The monoisotopic (exact) mass is 396 g/mol. The zero-order valence-electron chi connectivity index (χ0n) is 16.2. The van der Waals surface area contributed by atoms with Crippen LogP contribution in [0.15, 0.2) is 23.8 Å². The van der Waals surface area contributed by atoms with Crippen LogP contribution in [-0.2, 0) is 9.59 Å². The van der Waals surface area contributed by atoms with Gasteiger partial charge in [-0.1, -0.05) is 19.9 Å². The van der Waals surface area contributed by atoms with E-state index in [-0.39, 0.29) is 24.8 Å². The number of halogens is 2. The van der Waals surface area contributed by atoms with Crippen LogP contribution in [0.1, 0.15) is 40.0 Å². The van der Waals surface area contributed by atoms with Gasteiger partial charge in [0.15, 0.2) is 17.1 Å². The van der Waals surface area contributed by atoms with Gasteiger partial charge < -0.3 is 15.3 Å². The number of carbonyl (C=O) groups excluding carboxylic acids is 1. The maximum atomic E-state index is 16.8. The van der Waals surface area contributed by atoms with Crippen LogP contribution in [0.4, 0.5) is 8.78 Å². The van der Waals surface area contributed by atoms with Crippen molar-refractivity contribution in [3.63, 3.8) is 0 Å². The smallest absolute Gasteiger partial charge is 0.336 e. The van der Waals surface area contributed by atoms with E-state index in [2.05, 4.69) is 0 Å². The van der Waals surface area contributed by atoms with Crippen molar-refractivity contribution < 1.29 is 33.7 Å². The highest BCUT2D eigenvalue weighted by atomic mass is 19.1. The van der Waals surface area contributed by atoms with Gasteiger partial charge in [0, 0.05) is 16.7 Å². The first-order chi connectivity index (χ1) is 12.8. The summed E-state index contributed by atoms with van der Waals surface area (Å²) >= 11 is 0. The fraction of sp³-hybridized carbons (Fsp3) is 0.714. The van der Waals surface area contributed by atoms with Crippen molar-refractivity contribution in [1.82, 2.24) is 0 Å². The molecule has 5 unspecified atom stereocenters. The summed E-state index contributed by atoms with van der Waals surface area (Å²) in [6.45, 7) is 4.67. The summed E-state index contributed by atoms with van der Waals surface area (Å²) in [7, 11) is 0. The Morgan fingerprint density at radius 3 is 2.50 bits per heavy atom. The minimum absolute atomic E-state index is 0.0287. The molecular formula is C21H26F2O5. The number of ketones is 1. The van der Waals surface area contributed by atoms with Crippen LogP contribution in [0.3, 0.4) is 0 Å². The molecule has 0 radical (unpaired) electrons. The van der Waals surface area contributed by atoms with Gasteiger partial charge in [0.05, 0.1) is 6.10 Å². The van der Waals surface area contributed by atoms with Gasteiger partial charge in [-0.15, -0.1) is 0 Å². The first kappa shape index (κ1) is 19.7. The molecule has 3 N–H and O–H groups in total. The van der Waals surface area contributed by atoms with Gasteiger partial charge in [-0.2, -0.15) is 0 Å². The number of hydrogen-bond donors (Lipinski definition) is 3. The fourth-order valence-electron chi connectivity index (χ4n) is 7.00. The molecule has 4 aliphatic carbocycles. The number of hydrogen-bond acceptors (Lipinski definition) is 4. The molecule has 0 amide bonds. The Bertz CT molecular complexity index is 824. The van der Waals surface area contributed by atoms with E-state index in [4.69, 9.17) is 0 Å². The Morgan fingerprint density at radius 2 is 1.89 bits per heavy atom. The summed E-state index contributed by atoms with van der Waals surface area (Å²) in [4.78, 5) is 23.7. The predicted octanol–water partition coefficient (Wildman–Crippen LogP) is 2.37. The molecule has 154 valence electrons. The molecule has 28 heavy (non-hydrogen) atoms. The molecule has 3 saturated carbocycles. The Morgan fingerprint density at radius 1 is 1.25 bits per heavy atom. The summed E-state index contributed by atoms with van der Waals surface area (Å²) < 4.78 is 31.9. The number of fused-ring (bicyclic) bond motifs is 5. The number of carboxylic acids is 1. The number of alkyl halides is 2. The van der Waals surface area contributed by atoms with Crippen LogP contribution in [0, 0.1) is 28.6 Å². The van der Waals surface area contributed by atoms with E-state index in [0.29, 0.717) is 0 Å². The van der Waals surface area contributed by atoms with Crippen molar-refractivity contribution >= 4 is 11.8 Å². The molecule has 4 rings (SSSR count). The predicted molar refractivity (Wildman–Crippen MR) is 95.8 cm³/mol. The number of aliphatic carboxylic acids is 1. The van der Waals surface area contributed by atoms with Crippen LogP contribution < -0.4 is 0 Å². The number of aliphatic hydroxyl groups is 2. The Hall–Kier alpha value is -1.60. The number of carbonyl (C=O) groups is 2. The molecule has 0 aromatic rings. The molecule has 0 saturated heterocycles. The van der Waals surface area contributed by atoms with Crippen LogP contribution in [0.5, 0.6) is 0 Å². The van der Waals surface area contributed by atoms with Gasteiger partial charge in [0.2, 0.25) is 0 Å². The Balaban J connectivity index is 1.88. The molecule has 5 nitrogen and oxygen atoms in total. The highest BCUT2D eigenvalue weighted by Gasteiger charge is 2.76. The van der Waals surface area contributed by atoms with Crippen LogP contribution in [0.25, 0.3) is 0 Å². The largest absolute Gasteiger partial charge is 0.479 e. The third-order valence-electron chi connectivity index (χ3n) is 8.54. The molecule has 0 aromatic heterocycles. The molecule has 4 aliphatic rings. The molecule has 9 atom stereocenters. The zero-order chi connectivity index (χ0) is 20.9. The normalized spacial score (nSPS) is 55.2. The molecule has 0 heterocycles. The van der Waals surface area contributed by atoms with E-state index < -0.39 is 63.9 Å². The lowest BCUT2D eigenvalue weighted by Gasteiger charge is -2.62. The topological polar surface area (TPSA) is 94.8 Å². The Labute approximate surface area is 162 Å². The molecule has 0 bridgehead atoms. The number of allylic oxidation sites excluding steroid dienone is 4. The first-order valence-corrected chi connectivity index (χ1v) is 9.76. The molecule has 0 spiro atoms. The standard InChI is InChI=1S/C21H26F2O5/c1-10-6-12-13-8-15(22)14-7-11(24)4-5-18(14,2)20(13,23)16(25)9-19(12,3)21(10,28)17(26)27/h4-5,7,10,12-13,15-16,25,28H,6,8-9H2,1-3H3,(H,26,27)/t10-,12?,13?,15+,16?,18?,19?,20+,21+/m1/s1. The fourth-order valence-corrected chi connectivity index (χ4v) is 7.00. The average molecular weight is 396 g/mol. The highest BCUT2D eigenvalue weighted by Crippen LogP contribution is 2.70. The maximum absolute atomic E-state index is 16.8. The molecule has 7 heteroatoms. The highest BCUT2D eigenvalue weighted by molar-refractivity contribution is 6.01. The van der Waals surface area contributed by atoms with Gasteiger partial charge in [0.1, 0.15) is 6.17 Å². The third kappa shape index (κ3) is 1.92. The lowest BCUT2D eigenvalue weighted by atomic mass is 9.44. The Kier molecular flexibility index (Phi) is 3.88. The van der Waals surface area contributed by atoms with Crippen molar-refractivity contribution in [3.05, 3.63) is 23.8 Å². The van der Waals surface area contributed by atoms with Crippen LogP contribution in [0.2, 0.25) is 0 Å².